The molecule has 1 aromatic carbocycles. The van der Waals surface area contributed by atoms with Gasteiger partial charge in [0.15, 0.2) is 11.3 Å². The monoisotopic (exact) mass is 509 g/mol. The Morgan fingerprint density at radius 3 is 2.86 bits per heavy atom. The summed E-state index contributed by atoms with van der Waals surface area (Å²) in [7, 11) is 0. The highest BCUT2D eigenvalue weighted by Crippen LogP contribution is 2.21. The minimum Gasteiger partial charge on any atom is -0.371 e. The molecule has 4 rings (SSSR count). The number of nitrogens with one attached hydrogen (secondary N) is 2. The smallest absolute Gasteiger partial charge is 0.271 e. The number of para-hydroxylation sites is 1. The number of anilines is 2. The molecule has 0 saturated heterocycles. The molecule has 198 valence electrons. The highest BCUT2D eigenvalue weighted by Gasteiger charge is 2.23. The van der Waals surface area contributed by atoms with E-state index in [4.69, 9.17) is 4.98 Å². The molecule has 0 bridgehead atoms. The molecule has 0 aliphatic carbocycles. The van der Waals surface area contributed by atoms with Gasteiger partial charge in [0.1, 0.15) is 11.9 Å². The van der Waals surface area contributed by atoms with Crippen LogP contribution in [0, 0.1) is 0 Å². The maximum absolute atomic E-state index is 13.0. The maximum Gasteiger partial charge on any atom is 0.271 e. The Morgan fingerprint density at radius 1 is 1.19 bits per heavy atom. The van der Waals surface area contributed by atoms with Gasteiger partial charge in [-0.1, -0.05) is 22.9 Å². The summed E-state index contributed by atoms with van der Waals surface area (Å²) >= 11 is 0. The molecule has 8 nitrogen and oxygen atoms in total. The summed E-state index contributed by atoms with van der Waals surface area (Å²) in [4.78, 5) is 23.7. The lowest BCUT2D eigenvalue weighted by molar-refractivity contribution is -0.894. The molecule has 0 fully saturated rings. The van der Waals surface area contributed by atoms with Gasteiger partial charge in [-0.2, -0.15) is 0 Å². The van der Waals surface area contributed by atoms with Crippen molar-refractivity contribution in [2.75, 3.05) is 43.5 Å². The van der Waals surface area contributed by atoms with E-state index in [9.17, 15) is 14.4 Å². The van der Waals surface area contributed by atoms with Crippen molar-refractivity contribution in [1.82, 2.24) is 14.9 Å². The summed E-state index contributed by atoms with van der Waals surface area (Å²) < 4.78 is 13.9. The van der Waals surface area contributed by atoms with Crippen molar-refractivity contribution in [3.63, 3.8) is 0 Å². The van der Waals surface area contributed by atoms with Gasteiger partial charge in [0.05, 0.1) is 12.1 Å². The van der Waals surface area contributed by atoms with E-state index in [-0.39, 0.29) is 12.5 Å². The molecule has 0 saturated carbocycles. The van der Waals surface area contributed by atoms with Crippen molar-refractivity contribution in [2.24, 2.45) is 0 Å². The molecule has 0 radical (unpaired) electrons. The lowest BCUT2D eigenvalue weighted by Crippen LogP contribution is -2.41. The molecule has 2 aromatic heterocycles. The van der Waals surface area contributed by atoms with Crippen molar-refractivity contribution in [3.05, 3.63) is 54.0 Å². The number of ketones is 1. The number of aromatic nitrogens is 3. The van der Waals surface area contributed by atoms with Crippen LogP contribution in [-0.4, -0.2) is 64.8 Å². The van der Waals surface area contributed by atoms with E-state index in [1.54, 1.807) is 6.92 Å². The second-order valence-electron chi connectivity index (χ2n) is 9.73. The summed E-state index contributed by atoms with van der Waals surface area (Å²) in [6.07, 6.45) is 7.48. The predicted octanol–water partition coefficient (Wildman–Crippen LogP) is 3.96. The molecule has 0 spiro atoms. The van der Waals surface area contributed by atoms with E-state index in [2.05, 4.69) is 32.7 Å². The quantitative estimate of drug-likeness (QED) is 0.172. The molecule has 1 aliphatic heterocycles. The number of alkyl halides is 1. The normalized spacial score (nSPS) is 13.8. The van der Waals surface area contributed by atoms with Gasteiger partial charge in [0.25, 0.3) is 12.1 Å². The van der Waals surface area contributed by atoms with Crippen LogP contribution in [0.4, 0.5) is 16.0 Å². The Morgan fingerprint density at radius 2 is 2.03 bits per heavy atom. The van der Waals surface area contributed by atoms with Crippen LogP contribution >= 0.6 is 0 Å². The van der Waals surface area contributed by atoms with Crippen LogP contribution in [0.1, 0.15) is 50.3 Å². The zero-order valence-corrected chi connectivity index (χ0v) is 21.6. The average molecular weight is 510 g/mol. The number of aryl methyl sites for hydroxylation is 2. The van der Waals surface area contributed by atoms with Gasteiger partial charge >= 0.3 is 0 Å². The first-order valence-corrected chi connectivity index (χ1v) is 13.3. The first kappa shape index (κ1) is 26.7. The van der Waals surface area contributed by atoms with Crippen molar-refractivity contribution < 1.29 is 19.1 Å². The molecular weight excluding hydrogens is 471 g/mol. The summed E-state index contributed by atoms with van der Waals surface area (Å²) in [6.45, 7) is 4.33. The zero-order valence-electron chi connectivity index (χ0n) is 21.6. The number of unbranched alkanes of at least 4 members (excludes halogenated alkanes) is 1. The number of rotatable bonds is 14. The van der Waals surface area contributed by atoms with Crippen molar-refractivity contribution in [2.45, 2.75) is 57.9 Å². The molecule has 1 aliphatic rings. The molecule has 3 aromatic rings. The van der Waals surface area contributed by atoms with Crippen LogP contribution in [0.15, 0.2) is 42.7 Å². The second kappa shape index (κ2) is 13.3. The number of benzene rings is 1. The van der Waals surface area contributed by atoms with Crippen LogP contribution in [-0.2, 0) is 17.6 Å². The second-order valence-corrected chi connectivity index (χ2v) is 9.73. The summed E-state index contributed by atoms with van der Waals surface area (Å²) in [5.41, 5.74) is 3.13. The molecule has 0 unspecified atom stereocenters. The van der Waals surface area contributed by atoms with Crippen LogP contribution in [0.5, 0.6) is 0 Å². The van der Waals surface area contributed by atoms with Crippen molar-refractivity contribution in [1.29, 1.82) is 0 Å². The standard InChI is InChI=1S/C28H37FN6O2/c1-21(36)25(33-28-24-10-2-3-11-26(24)31-20-35(28)37)14-19-34(18-7-15-29)17-5-4-9-23-13-12-22-8-6-16-30-27(22)32-23/h2-3,10-13,20,25,37H,4-9,14-19H2,1H3,(H,30,32)/p+1/t25-/m0/s1. The van der Waals surface area contributed by atoms with E-state index in [0.29, 0.717) is 31.7 Å². The lowest BCUT2D eigenvalue weighted by atomic mass is 10.1. The van der Waals surface area contributed by atoms with E-state index in [0.717, 1.165) is 72.3 Å². The number of fused-ring (bicyclic) bond motifs is 2. The Bertz CT molecular complexity index is 1190. The van der Waals surface area contributed by atoms with Crippen molar-refractivity contribution in [3.8, 4) is 0 Å². The van der Waals surface area contributed by atoms with Crippen molar-refractivity contribution >= 4 is 28.3 Å². The minimum atomic E-state index is -0.482. The number of carbonyl (C=O) groups excluding carboxylic acids is 1. The lowest BCUT2D eigenvalue weighted by Gasteiger charge is -2.24. The first-order chi connectivity index (χ1) is 18.0. The Kier molecular flexibility index (Phi) is 9.59. The predicted molar refractivity (Wildman–Crippen MR) is 143 cm³/mol. The number of carbonyl (C=O) groups is 1. The summed E-state index contributed by atoms with van der Waals surface area (Å²) in [6, 6.07) is 11.3. The van der Waals surface area contributed by atoms with Gasteiger partial charge in [-0.05, 0) is 75.8 Å². The SMILES string of the molecule is CC(=O)[C@H](CCN(CCCF)CCCCc1ccc2c(n1)NCCC2)Nc1c2ccccc2nc[n+]1O. The molecule has 3 N–H and O–H groups in total. The number of hydrogen-bond donors (Lipinski definition) is 3. The van der Waals surface area contributed by atoms with Crippen LogP contribution in [0.2, 0.25) is 0 Å². The summed E-state index contributed by atoms with van der Waals surface area (Å²) in [5, 5.41) is 17.7. The highest BCUT2D eigenvalue weighted by molar-refractivity contribution is 5.90. The van der Waals surface area contributed by atoms with Gasteiger partial charge in [0, 0.05) is 31.7 Å². The number of hydrogen-bond acceptors (Lipinski definition) is 7. The number of nitrogens with zero attached hydrogens (tertiary/aromatic N) is 4. The fraction of sp³-hybridized carbons (Fsp3) is 0.500. The van der Waals surface area contributed by atoms with Crippen LogP contribution < -0.4 is 15.4 Å². The molecule has 37 heavy (non-hydrogen) atoms. The van der Waals surface area contributed by atoms with Gasteiger partial charge in [-0.25, -0.2) is 4.98 Å². The van der Waals surface area contributed by atoms with E-state index in [1.807, 2.05) is 24.3 Å². The van der Waals surface area contributed by atoms with Crippen LogP contribution in [0.3, 0.4) is 0 Å². The Labute approximate surface area is 217 Å². The topological polar surface area (TPSA) is 94.3 Å². The third-order valence-electron chi connectivity index (χ3n) is 6.95. The number of halogens is 1. The van der Waals surface area contributed by atoms with Gasteiger partial charge in [-0.15, -0.1) is 4.98 Å². The van der Waals surface area contributed by atoms with Gasteiger partial charge < -0.3 is 15.4 Å². The molecule has 9 heteroatoms. The highest BCUT2D eigenvalue weighted by atomic mass is 19.1. The molecule has 3 heterocycles. The molecular formula is C28H38FN6O2+. The van der Waals surface area contributed by atoms with E-state index >= 15 is 0 Å². The van der Waals surface area contributed by atoms with Gasteiger partial charge in [-0.3, -0.25) is 14.5 Å². The molecule has 1 atom stereocenters. The maximum atomic E-state index is 13.0. The number of pyridine rings is 1. The third-order valence-corrected chi connectivity index (χ3v) is 6.95. The molecule has 0 amide bonds. The van der Waals surface area contributed by atoms with E-state index < -0.39 is 6.04 Å². The van der Waals surface area contributed by atoms with E-state index in [1.165, 1.54) is 11.9 Å². The van der Waals surface area contributed by atoms with Crippen LogP contribution in [0.25, 0.3) is 10.9 Å². The Hall–Kier alpha value is -3.33. The third kappa shape index (κ3) is 7.35. The van der Waals surface area contributed by atoms with Gasteiger partial charge in [0.2, 0.25) is 0 Å². The zero-order chi connectivity index (χ0) is 26.0. The summed E-state index contributed by atoms with van der Waals surface area (Å²) in [5.74, 6) is 1.45. The fourth-order valence-corrected chi connectivity index (χ4v) is 4.85. The number of Topliss-reactive ketones (excluding diaryl/α,β-unsaturated/α-hetero) is 1. The largest absolute Gasteiger partial charge is 0.371 e. The first-order valence-electron chi connectivity index (χ1n) is 13.3. The fourth-order valence-electron chi connectivity index (χ4n) is 4.85. The Balaban J connectivity index is 1.32. The minimum absolute atomic E-state index is 0.0153. The average Bonchev–Trinajstić information content (AvgIpc) is 2.92.